The van der Waals surface area contributed by atoms with E-state index in [-0.39, 0.29) is 11.3 Å². The molecule has 5 rings (SSSR count). The molecule has 1 fully saturated rings. The van der Waals surface area contributed by atoms with E-state index in [2.05, 4.69) is 13.8 Å². The van der Waals surface area contributed by atoms with Crippen LogP contribution in [0.1, 0.15) is 63.1 Å². The Morgan fingerprint density at radius 3 is 2.35 bits per heavy atom. The summed E-state index contributed by atoms with van der Waals surface area (Å²) in [5.41, 5.74) is 1.70. The van der Waals surface area contributed by atoms with E-state index in [1.807, 2.05) is 36.4 Å². The van der Waals surface area contributed by atoms with E-state index in [4.69, 9.17) is 19.2 Å². The number of nitrogens with zero attached hydrogens (tertiary/aromatic N) is 2. The number of hydrogen-bond acceptors (Lipinski definition) is 8. The van der Waals surface area contributed by atoms with Crippen LogP contribution in [-0.4, -0.2) is 42.1 Å². The Hall–Kier alpha value is -4.37. The Labute approximate surface area is 255 Å². The monoisotopic (exact) mass is 600 g/mol. The summed E-state index contributed by atoms with van der Waals surface area (Å²) in [7, 11) is 1.59. The topological polar surface area (TPSA) is 98.2 Å². The van der Waals surface area contributed by atoms with Crippen molar-refractivity contribution < 1.29 is 28.9 Å². The summed E-state index contributed by atoms with van der Waals surface area (Å²) >= 11 is 1.28. The number of unbranched alkanes of at least 4 members (excludes halogenated alkanes) is 3. The third kappa shape index (κ3) is 6.51. The molecule has 1 aliphatic rings. The van der Waals surface area contributed by atoms with Gasteiger partial charge in [-0.25, -0.2) is 4.98 Å². The SMILES string of the molecule is CCCCCOc1ccc(C2/C(=C(\O)c3cccc(OCCCC)c3)C(=O)C(=O)N2c2nc3ccc(OC)cc3s2)cc1. The molecule has 9 heteroatoms. The Morgan fingerprint density at radius 2 is 1.60 bits per heavy atom. The maximum absolute atomic E-state index is 13.7. The lowest BCUT2D eigenvalue weighted by molar-refractivity contribution is -0.132. The van der Waals surface area contributed by atoms with Gasteiger partial charge in [0.15, 0.2) is 5.13 Å². The molecule has 3 aromatic carbocycles. The van der Waals surface area contributed by atoms with Crippen molar-refractivity contribution in [3.63, 3.8) is 0 Å². The summed E-state index contributed by atoms with van der Waals surface area (Å²) in [4.78, 5) is 33.4. The third-order valence-electron chi connectivity index (χ3n) is 7.32. The van der Waals surface area contributed by atoms with E-state index in [9.17, 15) is 14.7 Å². The van der Waals surface area contributed by atoms with Gasteiger partial charge in [0, 0.05) is 5.56 Å². The summed E-state index contributed by atoms with van der Waals surface area (Å²) in [5.74, 6) is 0.129. The van der Waals surface area contributed by atoms with E-state index in [1.165, 1.54) is 16.2 Å². The highest BCUT2D eigenvalue weighted by molar-refractivity contribution is 7.22. The zero-order chi connectivity index (χ0) is 30.3. The molecule has 224 valence electrons. The van der Waals surface area contributed by atoms with Crippen LogP contribution in [0.2, 0.25) is 0 Å². The van der Waals surface area contributed by atoms with Gasteiger partial charge in [0.1, 0.15) is 23.0 Å². The Balaban J connectivity index is 1.57. The maximum atomic E-state index is 13.7. The minimum atomic E-state index is -0.902. The molecule has 0 bridgehead atoms. The van der Waals surface area contributed by atoms with Crippen LogP contribution in [0.25, 0.3) is 16.0 Å². The fourth-order valence-corrected chi connectivity index (χ4v) is 6.00. The van der Waals surface area contributed by atoms with Crippen molar-refractivity contribution in [2.45, 2.75) is 52.0 Å². The van der Waals surface area contributed by atoms with Gasteiger partial charge < -0.3 is 19.3 Å². The molecule has 1 atom stereocenters. The predicted octanol–water partition coefficient (Wildman–Crippen LogP) is 7.68. The van der Waals surface area contributed by atoms with Gasteiger partial charge in [0.2, 0.25) is 0 Å². The summed E-state index contributed by atoms with van der Waals surface area (Å²) in [6.45, 7) is 5.37. The molecule has 0 radical (unpaired) electrons. The summed E-state index contributed by atoms with van der Waals surface area (Å²) in [6.07, 6.45) is 5.04. The number of hydrogen-bond donors (Lipinski definition) is 1. The number of ether oxygens (including phenoxy) is 3. The summed E-state index contributed by atoms with van der Waals surface area (Å²) in [5, 5.41) is 11.9. The van der Waals surface area contributed by atoms with Crippen molar-refractivity contribution >= 4 is 44.1 Å². The molecule has 1 saturated heterocycles. The molecule has 0 spiro atoms. The highest BCUT2D eigenvalue weighted by atomic mass is 32.1. The zero-order valence-corrected chi connectivity index (χ0v) is 25.5. The lowest BCUT2D eigenvalue weighted by Gasteiger charge is -2.23. The van der Waals surface area contributed by atoms with Crippen LogP contribution in [0.5, 0.6) is 17.2 Å². The van der Waals surface area contributed by atoms with Crippen LogP contribution in [0.15, 0.2) is 72.3 Å². The molecule has 1 amide bonds. The van der Waals surface area contributed by atoms with Crippen LogP contribution < -0.4 is 19.1 Å². The van der Waals surface area contributed by atoms with Gasteiger partial charge in [-0.15, -0.1) is 0 Å². The largest absolute Gasteiger partial charge is 0.507 e. The molecule has 1 N–H and O–H groups in total. The number of aliphatic hydroxyl groups excluding tert-OH is 1. The quantitative estimate of drug-likeness (QED) is 0.0727. The van der Waals surface area contributed by atoms with E-state index in [0.29, 0.717) is 52.2 Å². The van der Waals surface area contributed by atoms with Gasteiger partial charge in [-0.2, -0.15) is 0 Å². The molecule has 2 heterocycles. The van der Waals surface area contributed by atoms with Crippen LogP contribution in [0, 0.1) is 0 Å². The van der Waals surface area contributed by atoms with Crippen molar-refractivity contribution in [3.05, 3.63) is 83.4 Å². The lowest BCUT2D eigenvalue weighted by atomic mass is 9.95. The number of benzene rings is 3. The number of methoxy groups -OCH3 is 1. The second kappa shape index (κ2) is 13.7. The van der Waals surface area contributed by atoms with Gasteiger partial charge in [-0.3, -0.25) is 14.5 Å². The standard InChI is InChI=1S/C34H36N2O6S/c1-4-6-8-19-41-24-14-12-22(13-15-24)30-29(31(37)23-10-9-11-26(20-23)42-18-7-5-2)32(38)33(39)36(30)34-35-27-17-16-25(40-3)21-28(27)43-34/h9-17,20-21,30,37H,4-8,18-19H2,1-3H3/b31-29+. The van der Waals surface area contributed by atoms with Gasteiger partial charge in [0.05, 0.1) is 42.2 Å². The molecule has 1 aliphatic heterocycles. The van der Waals surface area contributed by atoms with Crippen molar-refractivity contribution in [3.8, 4) is 17.2 Å². The fraction of sp³-hybridized carbons (Fsp3) is 0.324. The first kappa shape index (κ1) is 30.1. The first-order chi connectivity index (χ1) is 20.9. The second-order valence-electron chi connectivity index (χ2n) is 10.4. The molecule has 8 nitrogen and oxygen atoms in total. The number of ketones is 1. The average Bonchev–Trinajstić information content (AvgIpc) is 3.56. The predicted molar refractivity (Wildman–Crippen MR) is 169 cm³/mol. The second-order valence-corrected chi connectivity index (χ2v) is 11.4. The highest BCUT2D eigenvalue weighted by Crippen LogP contribution is 2.45. The molecule has 43 heavy (non-hydrogen) atoms. The zero-order valence-electron chi connectivity index (χ0n) is 24.7. The van der Waals surface area contributed by atoms with Crippen molar-refractivity contribution in [1.29, 1.82) is 0 Å². The number of rotatable bonds is 13. The number of aliphatic hydroxyl groups is 1. The number of fused-ring (bicyclic) bond motifs is 1. The number of Topliss-reactive ketones (excluding diaryl/α,β-unsaturated/α-hetero) is 1. The smallest absolute Gasteiger partial charge is 0.301 e. The maximum Gasteiger partial charge on any atom is 0.301 e. The first-order valence-corrected chi connectivity index (χ1v) is 15.5. The van der Waals surface area contributed by atoms with E-state index < -0.39 is 17.7 Å². The Morgan fingerprint density at radius 1 is 0.884 bits per heavy atom. The Bertz CT molecular complexity index is 1630. The minimum Gasteiger partial charge on any atom is -0.507 e. The van der Waals surface area contributed by atoms with Gasteiger partial charge >= 0.3 is 5.91 Å². The summed E-state index contributed by atoms with van der Waals surface area (Å²) < 4.78 is 17.9. The van der Waals surface area contributed by atoms with Crippen molar-refractivity contribution in [1.82, 2.24) is 4.98 Å². The van der Waals surface area contributed by atoms with Gasteiger partial charge in [0.25, 0.3) is 5.78 Å². The highest BCUT2D eigenvalue weighted by Gasteiger charge is 2.48. The van der Waals surface area contributed by atoms with Crippen LogP contribution >= 0.6 is 11.3 Å². The van der Waals surface area contributed by atoms with Crippen molar-refractivity contribution in [2.24, 2.45) is 0 Å². The van der Waals surface area contributed by atoms with E-state index in [0.717, 1.165) is 36.8 Å². The molecule has 1 unspecified atom stereocenters. The van der Waals surface area contributed by atoms with Crippen LogP contribution in [0.3, 0.4) is 0 Å². The number of amides is 1. The third-order valence-corrected chi connectivity index (χ3v) is 8.34. The number of carbonyl (C=O) groups is 2. The summed E-state index contributed by atoms with van der Waals surface area (Å²) in [6, 6.07) is 18.8. The van der Waals surface area contributed by atoms with E-state index >= 15 is 0 Å². The first-order valence-electron chi connectivity index (χ1n) is 14.7. The Kier molecular flexibility index (Phi) is 9.61. The molecular formula is C34H36N2O6S. The molecule has 1 aromatic heterocycles. The minimum absolute atomic E-state index is 0.0100. The van der Waals surface area contributed by atoms with Crippen molar-refractivity contribution in [2.75, 3.05) is 25.2 Å². The van der Waals surface area contributed by atoms with Crippen LogP contribution in [-0.2, 0) is 9.59 Å². The van der Waals surface area contributed by atoms with Gasteiger partial charge in [-0.1, -0.05) is 68.7 Å². The fourth-order valence-electron chi connectivity index (χ4n) is 4.98. The molecule has 0 saturated carbocycles. The molecule has 0 aliphatic carbocycles. The van der Waals surface area contributed by atoms with Crippen LogP contribution in [0.4, 0.5) is 5.13 Å². The molecular weight excluding hydrogens is 564 g/mol. The lowest BCUT2D eigenvalue weighted by Crippen LogP contribution is -2.29. The number of thiazole rings is 1. The number of anilines is 1. The molecule has 4 aromatic rings. The van der Waals surface area contributed by atoms with E-state index in [1.54, 1.807) is 37.4 Å². The average molecular weight is 601 g/mol. The number of carbonyl (C=O) groups excluding carboxylic acids is 2. The van der Waals surface area contributed by atoms with Gasteiger partial charge in [-0.05, 0) is 60.9 Å². The normalized spacial score (nSPS) is 16.2. The number of aromatic nitrogens is 1.